The quantitative estimate of drug-likeness (QED) is 0.584. The van der Waals surface area contributed by atoms with Crippen LogP contribution in [-0.2, 0) is 14.1 Å². The first-order chi connectivity index (χ1) is 14.1. The molecule has 3 heterocycles. The number of nitrogens with zero attached hydrogens (tertiary/aromatic N) is 4. The Balaban J connectivity index is 1.71. The predicted octanol–water partition coefficient (Wildman–Crippen LogP) is 1.24. The number of quaternary nitrogens is 1. The van der Waals surface area contributed by atoms with E-state index in [1.165, 1.54) is 67.8 Å². The van der Waals surface area contributed by atoms with Crippen LogP contribution in [0.4, 0.5) is 0 Å². The standard InChI is InChI=1S/C21H31N5O2S/c1-24-18-16(20(27)25(2)21(24)28)19(29-14-13-26-11-7-4-8-12-26)23-17(22-18)15-9-5-3-6-10-15/h15H,3-14H2,1-2H3/p+1. The third-order valence-electron chi connectivity index (χ3n) is 6.51. The van der Waals surface area contributed by atoms with Crippen molar-refractivity contribution in [3.8, 4) is 0 Å². The first kappa shape index (κ1) is 20.6. The SMILES string of the molecule is Cn1c(=O)c2c(SCC[NH+]3CCCCC3)nc(C3CCCCC3)nc2n(C)c1=O. The van der Waals surface area contributed by atoms with Crippen LogP contribution in [0.15, 0.2) is 14.6 Å². The molecule has 0 radical (unpaired) electrons. The molecule has 0 spiro atoms. The van der Waals surface area contributed by atoms with E-state index in [4.69, 9.17) is 9.97 Å². The molecule has 0 aromatic carbocycles. The van der Waals surface area contributed by atoms with Crippen LogP contribution in [-0.4, -0.2) is 44.5 Å². The van der Waals surface area contributed by atoms with Gasteiger partial charge in [-0.1, -0.05) is 31.0 Å². The normalized spacial score (nSPS) is 19.1. The lowest BCUT2D eigenvalue weighted by atomic mass is 9.89. The molecule has 4 rings (SSSR count). The lowest BCUT2D eigenvalue weighted by molar-refractivity contribution is -0.902. The molecule has 2 fully saturated rings. The minimum Gasteiger partial charge on any atom is -0.334 e. The van der Waals surface area contributed by atoms with E-state index in [2.05, 4.69) is 0 Å². The van der Waals surface area contributed by atoms with Crippen LogP contribution in [0, 0.1) is 0 Å². The van der Waals surface area contributed by atoms with Gasteiger partial charge in [0.25, 0.3) is 5.56 Å². The predicted molar refractivity (Wildman–Crippen MR) is 116 cm³/mol. The smallest absolute Gasteiger partial charge is 0.332 e. The molecule has 0 atom stereocenters. The summed E-state index contributed by atoms with van der Waals surface area (Å²) in [5.41, 5.74) is -0.128. The van der Waals surface area contributed by atoms with Crippen molar-refractivity contribution in [1.82, 2.24) is 19.1 Å². The molecule has 0 amide bonds. The van der Waals surface area contributed by atoms with Crippen molar-refractivity contribution in [2.24, 2.45) is 14.1 Å². The topological polar surface area (TPSA) is 74.2 Å². The summed E-state index contributed by atoms with van der Waals surface area (Å²) >= 11 is 1.66. The Bertz CT molecular complexity index is 987. The zero-order valence-corrected chi connectivity index (χ0v) is 18.4. The van der Waals surface area contributed by atoms with Gasteiger partial charge in [-0.2, -0.15) is 0 Å². The highest BCUT2D eigenvalue weighted by Gasteiger charge is 2.23. The summed E-state index contributed by atoms with van der Waals surface area (Å²) < 4.78 is 2.68. The van der Waals surface area contributed by atoms with E-state index >= 15 is 0 Å². The zero-order valence-electron chi connectivity index (χ0n) is 17.6. The molecular weight excluding hydrogens is 386 g/mol. The largest absolute Gasteiger partial charge is 0.334 e. The van der Waals surface area contributed by atoms with Gasteiger partial charge in [-0.05, 0) is 32.1 Å². The number of hydrogen-bond acceptors (Lipinski definition) is 5. The summed E-state index contributed by atoms with van der Waals surface area (Å²) in [6, 6.07) is 0. The zero-order chi connectivity index (χ0) is 20.4. The molecule has 1 aliphatic carbocycles. The summed E-state index contributed by atoms with van der Waals surface area (Å²) in [5.74, 6) is 2.07. The summed E-state index contributed by atoms with van der Waals surface area (Å²) in [5, 5.41) is 1.25. The van der Waals surface area contributed by atoms with E-state index in [0.29, 0.717) is 17.0 Å². The van der Waals surface area contributed by atoms with Crippen molar-refractivity contribution >= 4 is 22.8 Å². The van der Waals surface area contributed by atoms with Gasteiger partial charge in [0.05, 0.1) is 19.6 Å². The van der Waals surface area contributed by atoms with Crippen LogP contribution in [0.3, 0.4) is 0 Å². The van der Waals surface area contributed by atoms with Crippen LogP contribution < -0.4 is 16.1 Å². The summed E-state index contributed by atoms with van der Waals surface area (Å²) in [7, 11) is 3.24. The molecule has 1 saturated carbocycles. The molecule has 2 aliphatic rings. The third-order valence-corrected chi connectivity index (χ3v) is 7.49. The van der Waals surface area contributed by atoms with Crippen LogP contribution in [0.5, 0.6) is 0 Å². The molecule has 8 heteroatoms. The molecular formula is C21H32N5O2S+. The van der Waals surface area contributed by atoms with E-state index in [1.807, 2.05) is 0 Å². The van der Waals surface area contributed by atoms with Gasteiger partial charge in [0, 0.05) is 25.8 Å². The van der Waals surface area contributed by atoms with Crippen LogP contribution in [0.1, 0.15) is 63.1 Å². The highest BCUT2D eigenvalue weighted by molar-refractivity contribution is 7.99. The molecule has 158 valence electrons. The fourth-order valence-electron chi connectivity index (χ4n) is 4.69. The van der Waals surface area contributed by atoms with Gasteiger partial charge < -0.3 is 4.90 Å². The van der Waals surface area contributed by atoms with E-state index in [-0.39, 0.29) is 11.2 Å². The number of nitrogens with one attached hydrogen (secondary N) is 1. The second-order valence-corrected chi connectivity index (χ2v) is 9.62. The summed E-state index contributed by atoms with van der Waals surface area (Å²) in [4.78, 5) is 36.7. The van der Waals surface area contributed by atoms with E-state index in [1.54, 1.807) is 23.7 Å². The molecule has 7 nitrogen and oxygen atoms in total. The molecule has 2 aromatic rings. The molecule has 0 bridgehead atoms. The van der Waals surface area contributed by atoms with Gasteiger partial charge in [0.2, 0.25) is 0 Å². The number of piperidine rings is 1. The maximum absolute atomic E-state index is 12.9. The minimum absolute atomic E-state index is 0.286. The van der Waals surface area contributed by atoms with Gasteiger partial charge in [-0.25, -0.2) is 14.8 Å². The Morgan fingerprint density at radius 1 is 0.966 bits per heavy atom. The summed E-state index contributed by atoms with van der Waals surface area (Å²) in [6.45, 7) is 3.57. The second kappa shape index (κ2) is 9.00. The fraction of sp³-hybridized carbons (Fsp3) is 0.714. The fourth-order valence-corrected chi connectivity index (χ4v) is 5.75. The molecule has 29 heavy (non-hydrogen) atoms. The van der Waals surface area contributed by atoms with Crippen molar-refractivity contribution in [3.05, 3.63) is 26.7 Å². The van der Waals surface area contributed by atoms with Crippen LogP contribution in [0.2, 0.25) is 0 Å². The second-order valence-electron chi connectivity index (χ2n) is 8.54. The monoisotopic (exact) mass is 418 g/mol. The van der Waals surface area contributed by atoms with E-state index < -0.39 is 0 Å². The van der Waals surface area contributed by atoms with Gasteiger partial charge in [0.15, 0.2) is 5.65 Å². The van der Waals surface area contributed by atoms with Crippen molar-refractivity contribution in [1.29, 1.82) is 0 Å². The Hall–Kier alpha value is -1.67. The van der Waals surface area contributed by atoms with E-state index in [0.717, 1.165) is 36.0 Å². The van der Waals surface area contributed by atoms with Crippen molar-refractivity contribution in [2.45, 2.75) is 62.3 Å². The maximum atomic E-state index is 12.9. The molecule has 2 aromatic heterocycles. The minimum atomic E-state index is -0.329. The average Bonchev–Trinajstić information content (AvgIpc) is 2.77. The van der Waals surface area contributed by atoms with Crippen LogP contribution in [0.25, 0.3) is 11.0 Å². The lowest BCUT2D eigenvalue weighted by Gasteiger charge is -2.23. The Morgan fingerprint density at radius 2 is 1.66 bits per heavy atom. The van der Waals surface area contributed by atoms with Crippen LogP contribution >= 0.6 is 11.8 Å². The number of thioether (sulfide) groups is 1. The van der Waals surface area contributed by atoms with Gasteiger partial charge in [-0.15, -0.1) is 0 Å². The Labute approximate surface area is 175 Å². The number of aromatic nitrogens is 4. The molecule has 1 saturated heterocycles. The first-order valence-electron chi connectivity index (χ1n) is 11.0. The number of hydrogen-bond donors (Lipinski definition) is 1. The number of rotatable bonds is 5. The third kappa shape index (κ3) is 4.28. The van der Waals surface area contributed by atoms with Crippen molar-refractivity contribution in [2.75, 3.05) is 25.4 Å². The van der Waals surface area contributed by atoms with Crippen molar-refractivity contribution in [3.63, 3.8) is 0 Å². The van der Waals surface area contributed by atoms with Gasteiger partial charge >= 0.3 is 5.69 Å². The number of fused-ring (bicyclic) bond motifs is 1. The highest BCUT2D eigenvalue weighted by atomic mass is 32.2. The van der Waals surface area contributed by atoms with Gasteiger partial charge in [0.1, 0.15) is 16.2 Å². The number of aryl methyl sites for hydroxylation is 1. The molecule has 1 aliphatic heterocycles. The lowest BCUT2D eigenvalue weighted by Crippen LogP contribution is -3.13. The molecule has 0 unspecified atom stereocenters. The number of likely N-dealkylation sites (tertiary alicyclic amines) is 1. The van der Waals surface area contributed by atoms with Gasteiger partial charge in [-0.3, -0.25) is 13.9 Å². The average molecular weight is 419 g/mol. The Morgan fingerprint density at radius 3 is 2.38 bits per heavy atom. The Kier molecular flexibility index (Phi) is 6.39. The van der Waals surface area contributed by atoms with Crippen molar-refractivity contribution < 1.29 is 4.90 Å². The first-order valence-corrected chi connectivity index (χ1v) is 12.0. The summed E-state index contributed by atoms with van der Waals surface area (Å²) in [6.07, 6.45) is 9.81. The molecule has 1 N–H and O–H groups in total. The van der Waals surface area contributed by atoms with E-state index in [9.17, 15) is 9.59 Å². The maximum Gasteiger partial charge on any atom is 0.332 e. The highest BCUT2D eigenvalue weighted by Crippen LogP contribution is 2.33.